The molecule has 0 unspecified atom stereocenters. The van der Waals surface area contributed by atoms with Crippen molar-refractivity contribution in [1.29, 1.82) is 0 Å². The molecule has 90 valence electrons. The van der Waals surface area contributed by atoms with Crippen LogP contribution in [0.1, 0.15) is 23.5 Å². The van der Waals surface area contributed by atoms with Crippen molar-refractivity contribution in [2.24, 2.45) is 5.73 Å². The van der Waals surface area contributed by atoms with E-state index in [1.54, 1.807) is 0 Å². The molecule has 1 heterocycles. The summed E-state index contributed by atoms with van der Waals surface area (Å²) in [5.41, 5.74) is 8.07. The molecule has 0 bridgehead atoms. The number of nitrogens with two attached hydrogens (primary N) is 1. The lowest BCUT2D eigenvalue weighted by Crippen LogP contribution is -2.10. The van der Waals surface area contributed by atoms with Crippen molar-refractivity contribution in [3.63, 3.8) is 0 Å². The van der Waals surface area contributed by atoms with Gasteiger partial charge in [0, 0.05) is 24.9 Å². The van der Waals surface area contributed by atoms with Gasteiger partial charge in [-0.2, -0.15) is 0 Å². The van der Waals surface area contributed by atoms with Gasteiger partial charge in [-0.05, 0) is 25.5 Å². The van der Waals surface area contributed by atoms with E-state index in [0.29, 0.717) is 0 Å². The van der Waals surface area contributed by atoms with Crippen LogP contribution in [-0.2, 0) is 13.0 Å². The second-order valence-electron chi connectivity index (χ2n) is 4.27. The second-order valence-corrected chi connectivity index (χ2v) is 4.27. The van der Waals surface area contributed by atoms with E-state index < -0.39 is 0 Å². The van der Waals surface area contributed by atoms with Gasteiger partial charge in [0.15, 0.2) is 0 Å². The molecule has 0 spiro atoms. The van der Waals surface area contributed by atoms with Gasteiger partial charge < -0.3 is 10.3 Å². The number of aromatic nitrogens is 2. The van der Waals surface area contributed by atoms with Crippen LogP contribution >= 0.6 is 0 Å². The van der Waals surface area contributed by atoms with Crippen LogP contribution in [0.25, 0.3) is 0 Å². The number of hydrogen-bond acceptors (Lipinski definition) is 2. The Morgan fingerprint density at radius 2 is 2.00 bits per heavy atom. The molecule has 1 aromatic carbocycles. The fourth-order valence-electron chi connectivity index (χ4n) is 1.99. The first-order valence-electron chi connectivity index (χ1n) is 6.06. The molecule has 2 aromatic rings. The Morgan fingerprint density at radius 1 is 1.24 bits per heavy atom. The SMILES string of the molecule is Cc1cnc(Cc2ccccc2)n1CCCN. The zero-order valence-electron chi connectivity index (χ0n) is 10.3. The lowest BCUT2D eigenvalue weighted by Gasteiger charge is -2.09. The van der Waals surface area contributed by atoms with Crippen LogP contribution < -0.4 is 5.73 Å². The largest absolute Gasteiger partial charge is 0.332 e. The second kappa shape index (κ2) is 5.64. The molecular formula is C14H19N3. The summed E-state index contributed by atoms with van der Waals surface area (Å²) in [6.07, 6.45) is 3.83. The molecule has 2 N–H and O–H groups in total. The molecule has 0 atom stereocenters. The Kier molecular flexibility index (Phi) is 3.94. The number of benzene rings is 1. The number of imidazole rings is 1. The molecule has 17 heavy (non-hydrogen) atoms. The average molecular weight is 229 g/mol. The van der Waals surface area contributed by atoms with E-state index in [-0.39, 0.29) is 0 Å². The Labute approximate surface area is 102 Å². The van der Waals surface area contributed by atoms with Gasteiger partial charge in [-0.1, -0.05) is 30.3 Å². The third-order valence-corrected chi connectivity index (χ3v) is 2.93. The van der Waals surface area contributed by atoms with Crippen molar-refractivity contribution >= 4 is 0 Å². The highest BCUT2D eigenvalue weighted by Gasteiger charge is 2.06. The van der Waals surface area contributed by atoms with Gasteiger partial charge in [-0.3, -0.25) is 0 Å². The van der Waals surface area contributed by atoms with E-state index in [1.165, 1.54) is 11.3 Å². The third kappa shape index (κ3) is 2.94. The van der Waals surface area contributed by atoms with Gasteiger partial charge in [0.05, 0.1) is 0 Å². The minimum Gasteiger partial charge on any atom is -0.332 e. The minimum atomic E-state index is 0.725. The Balaban J connectivity index is 2.15. The van der Waals surface area contributed by atoms with Crippen LogP contribution in [0, 0.1) is 6.92 Å². The standard InChI is InChI=1S/C14H19N3/c1-12-11-16-14(17(12)9-5-8-15)10-13-6-3-2-4-7-13/h2-4,6-7,11H,5,8-10,15H2,1H3. The zero-order chi connectivity index (χ0) is 12.1. The maximum atomic E-state index is 5.56. The summed E-state index contributed by atoms with van der Waals surface area (Å²) in [5, 5.41) is 0. The monoisotopic (exact) mass is 229 g/mol. The predicted molar refractivity (Wildman–Crippen MR) is 69.9 cm³/mol. The van der Waals surface area contributed by atoms with E-state index in [0.717, 1.165) is 31.8 Å². The van der Waals surface area contributed by atoms with Crippen molar-refractivity contribution in [1.82, 2.24) is 9.55 Å². The molecule has 0 aliphatic rings. The lowest BCUT2D eigenvalue weighted by atomic mass is 10.1. The number of aryl methyl sites for hydroxylation is 1. The lowest BCUT2D eigenvalue weighted by molar-refractivity contribution is 0.612. The van der Waals surface area contributed by atoms with E-state index >= 15 is 0 Å². The summed E-state index contributed by atoms with van der Waals surface area (Å²) in [5.74, 6) is 1.13. The fourth-order valence-corrected chi connectivity index (χ4v) is 1.99. The quantitative estimate of drug-likeness (QED) is 0.853. The van der Waals surface area contributed by atoms with Gasteiger partial charge in [-0.25, -0.2) is 4.98 Å². The molecule has 0 aliphatic heterocycles. The predicted octanol–water partition coefficient (Wildman–Crippen LogP) is 2.13. The number of rotatable bonds is 5. The van der Waals surface area contributed by atoms with E-state index in [2.05, 4.69) is 40.7 Å². The first-order chi connectivity index (χ1) is 8.31. The average Bonchev–Trinajstić information content (AvgIpc) is 2.69. The Morgan fingerprint density at radius 3 is 2.71 bits per heavy atom. The molecule has 1 aromatic heterocycles. The first-order valence-corrected chi connectivity index (χ1v) is 6.06. The first kappa shape index (κ1) is 11.9. The molecule has 0 fully saturated rings. The van der Waals surface area contributed by atoms with Gasteiger partial charge in [0.25, 0.3) is 0 Å². The molecule has 0 radical (unpaired) electrons. The number of hydrogen-bond donors (Lipinski definition) is 1. The minimum absolute atomic E-state index is 0.725. The highest BCUT2D eigenvalue weighted by molar-refractivity contribution is 5.20. The summed E-state index contributed by atoms with van der Waals surface area (Å²) in [7, 11) is 0. The van der Waals surface area contributed by atoms with Gasteiger partial charge in [0.2, 0.25) is 0 Å². The molecule has 0 saturated carbocycles. The Bertz CT molecular complexity index is 460. The highest BCUT2D eigenvalue weighted by atomic mass is 15.1. The van der Waals surface area contributed by atoms with Gasteiger partial charge in [-0.15, -0.1) is 0 Å². The van der Waals surface area contributed by atoms with Crippen LogP contribution in [0.5, 0.6) is 0 Å². The van der Waals surface area contributed by atoms with Crippen molar-refractivity contribution in [2.45, 2.75) is 26.3 Å². The van der Waals surface area contributed by atoms with E-state index in [9.17, 15) is 0 Å². The number of nitrogens with zero attached hydrogens (tertiary/aromatic N) is 2. The molecule has 3 nitrogen and oxygen atoms in total. The summed E-state index contributed by atoms with van der Waals surface area (Å²) in [6.45, 7) is 3.78. The van der Waals surface area contributed by atoms with Crippen LogP contribution in [0.15, 0.2) is 36.5 Å². The van der Waals surface area contributed by atoms with E-state index in [1.807, 2.05) is 12.3 Å². The van der Waals surface area contributed by atoms with Crippen molar-refractivity contribution in [3.05, 3.63) is 53.6 Å². The van der Waals surface area contributed by atoms with Crippen LogP contribution in [0.2, 0.25) is 0 Å². The summed E-state index contributed by atoms with van der Waals surface area (Å²) < 4.78 is 2.26. The summed E-state index contributed by atoms with van der Waals surface area (Å²) in [6, 6.07) is 10.4. The molecular weight excluding hydrogens is 210 g/mol. The molecule has 0 amide bonds. The maximum Gasteiger partial charge on any atom is 0.113 e. The molecule has 2 rings (SSSR count). The topological polar surface area (TPSA) is 43.8 Å². The van der Waals surface area contributed by atoms with Gasteiger partial charge in [0.1, 0.15) is 5.82 Å². The fraction of sp³-hybridized carbons (Fsp3) is 0.357. The smallest absolute Gasteiger partial charge is 0.113 e. The summed E-state index contributed by atoms with van der Waals surface area (Å²) in [4.78, 5) is 4.49. The van der Waals surface area contributed by atoms with Crippen molar-refractivity contribution in [2.75, 3.05) is 6.54 Å². The molecule has 3 heteroatoms. The zero-order valence-corrected chi connectivity index (χ0v) is 10.3. The normalized spacial score (nSPS) is 10.7. The van der Waals surface area contributed by atoms with Crippen molar-refractivity contribution in [3.8, 4) is 0 Å². The van der Waals surface area contributed by atoms with Crippen LogP contribution in [0.3, 0.4) is 0 Å². The van der Waals surface area contributed by atoms with Crippen molar-refractivity contribution < 1.29 is 0 Å². The van der Waals surface area contributed by atoms with Crippen LogP contribution in [0.4, 0.5) is 0 Å². The highest BCUT2D eigenvalue weighted by Crippen LogP contribution is 2.11. The summed E-state index contributed by atoms with van der Waals surface area (Å²) >= 11 is 0. The molecule has 0 aliphatic carbocycles. The van der Waals surface area contributed by atoms with Crippen LogP contribution in [-0.4, -0.2) is 16.1 Å². The van der Waals surface area contributed by atoms with Gasteiger partial charge >= 0.3 is 0 Å². The van der Waals surface area contributed by atoms with E-state index in [4.69, 9.17) is 5.73 Å². The molecule has 0 saturated heterocycles. The third-order valence-electron chi connectivity index (χ3n) is 2.93. The Hall–Kier alpha value is -1.61. The maximum absolute atomic E-state index is 5.56.